The maximum Gasteiger partial charge on any atom is 0.210 e. The molecule has 3 heterocycles. The van der Waals surface area contributed by atoms with Crippen molar-refractivity contribution in [2.24, 2.45) is 0 Å². The van der Waals surface area contributed by atoms with Crippen LogP contribution in [-0.2, 0) is 17.1 Å². The molecule has 0 saturated heterocycles. The molecule has 2 aromatic heterocycles. The van der Waals surface area contributed by atoms with Crippen molar-refractivity contribution in [3.05, 3.63) is 45.8 Å². The van der Waals surface area contributed by atoms with Crippen molar-refractivity contribution >= 4 is 34.7 Å². The lowest BCUT2D eigenvalue weighted by Gasteiger charge is -2.20. The zero-order valence-electron chi connectivity index (χ0n) is 12.4. The monoisotopic (exact) mass is 380 g/mol. The molecule has 1 aliphatic rings. The molecule has 1 aliphatic heterocycles. The maximum absolute atomic E-state index is 6.19. The first kappa shape index (κ1) is 15.8. The van der Waals surface area contributed by atoms with Gasteiger partial charge in [0.25, 0.3) is 0 Å². The summed E-state index contributed by atoms with van der Waals surface area (Å²) in [5, 5.41) is 11.6. The Labute approximate surface area is 151 Å². The quantitative estimate of drug-likeness (QED) is 0.551. The molecule has 0 bridgehead atoms. The molecule has 1 aromatic carbocycles. The summed E-state index contributed by atoms with van der Waals surface area (Å²) < 4.78 is 12.4. The molecule has 0 atom stereocenters. The molecule has 124 valence electrons. The Morgan fingerprint density at radius 2 is 2.29 bits per heavy atom. The smallest absolute Gasteiger partial charge is 0.210 e. The van der Waals surface area contributed by atoms with E-state index in [1.165, 1.54) is 16.4 Å². The molecule has 0 unspecified atom stereocenters. The van der Waals surface area contributed by atoms with Crippen LogP contribution in [0.15, 0.2) is 34.8 Å². The van der Waals surface area contributed by atoms with Gasteiger partial charge in [0.1, 0.15) is 5.75 Å². The highest BCUT2D eigenvalue weighted by Gasteiger charge is 2.18. The highest BCUT2D eigenvalue weighted by atomic mass is 35.5. The molecule has 0 radical (unpaired) electrons. The van der Waals surface area contributed by atoms with Crippen molar-refractivity contribution < 1.29 is 9.47 Å². The van der Waals surface area contributed by atoms with Crippen molar-refractivity contribution in [1.82, 2.24) is 14.9 Å². The predicted molar refractivity (Wildman–Crippen MR) is 94.8 cm³/mol. The van der Waals surface area contributed by atoms with Gasteiger partial charge in [-0.3, -0.25) is 0 Å². The third kappa shape index (κ3) is 2.98. The molecule has 6 nitrogen and oxygen atoms in total. The molecular weight excluding hydrogens is 368 g/mol. The summed E-state index contributed by atoms with van der Waals surface area (Å²) in [6.45, 7) is 0.755. The molecule has 3 aromatic rings. The number of nitrogen functional groups attached to an aromatic ring is 1. The number of ether oxygens (including phenoxy) is 2. The van der Waals surface area contributed by atoms with Crippen molar-refractivity contribution in [2.45, 2.75) is 17.5 Å². The number of hydrogen-bond acceptors (Lipinski definition) is 7. The van der Waals surface area contributed by atoms with Crippen LogP contribution in [0, 0.1) is 0 Å². The first-order chi connectivity index (χ1) is 11.7. The van der Waals surface area contributed by atoms with Gasteiger partial charge in [0.2, 0.25) is 5.16 Å². The average molecular weight is 381 g/mol. The van der Waals surface area contributed by atoms with E-state index in [4.69, 9.17) is 26.9 Å². The Balaban J connectivity index is 1.57. The Hall–Kier alpha value is -1.74. The van der Waals surface area contributed by atoms with Crippen LogP contribution in [0.2, 0.25) is 5.02 Å². The maximum atomic E-state index is 6.19. The minimum atomic E-state index is 0.252. The minimum Gasteiger partial charge on any atom is -0.467 e. The van der Waals surface area contributed by atoms with Gasteiger partial charge in [0.15, 0.2) is 12.6 Å². The Kier molecular flexibility index (Phi) is 4.36. The molecule has 9 heteroatoms. The normalized spacial score (nSPS) is 13.5. The number of thioether (sulfide) groups is 1. The number of rotatable bonds is 4. The van der Waals surface area contributed by atoms with E-state index < -0.39 is 0 Å². The summed E-state index contributed by atoms with van der Waals surface area (Å²) in [6, 6.07) is 7.69. The van der Waals surface area contributed by atoms with Crippen LogP contribution in [0.25, 0.3) is 10.7 Å². The van der Waals surface area contributed by atoms with E-state index in [0.29, 0.717) is 28.4 Å². The molecule has 0 amide bonds. The van der Waals surface area contributed by atoms with Crippen LogP contribution in [0.3, 0.4) is 0 Å². The zero-order valence-corrected chi connectivity index (χ0v) is 14.8. The second kappa shape index (κ2) is 6.64. The standard InChI is InChI=1S/C15H13ClN4O2S2/c16-11-4-9-6-21-8-22-13(9)10(5-11)7-24-15-19-18-14(20(15)17)12-2-1-3-23-12/h1-5H,6-8,17H2. The highest BCUT2D eigenvalue weighted by Crippen LogP contribution is 2.35. The lowest BCUT2D eigenvalue weighted by Crippen LogP contribution is -2.13. The second-order valence-corrected chi connectivity index (χ2v) is 7.43. The molecular formula is C15H13ClN4O2S2. The fourth-order valence-corrected chi connectivity index (χ4v) is 4.25. The van der Waals surface area contributed by atoms with Gasteiger partial charge in [-0.05, 0) is 23.6 Å². The van der Waals surface area contributed by atoms with E-state index in [-0.39, 0.29) is 6.79 Å². The molecule has 0 spiro atoms. The first-order valence-electron chi connectivity index (χ1n) is 7.11. The summed E-state index contributed by atoms with van der Waals surface area (Å²) in [7, 11) is 0. The number of halogens is 1. The van der Waals surface area contributed by atoms with Crippen LogP contribution >= 0.6 is 34.7 Å². The number of nitrogens with two attached hydrogens (primary N) is 1. The zero-order chi connectivity index (χ0) is 16.5. The third-order valence-corrected chi connectivity index (χ3v) is 5.59. The van der Waals surface area contributed by atoms with Crippen LogP contribution in [0.5, 0.6) is 5.75 Å². The second-order valence-electron chi connectivity index (χ2n) is 5.11. The number of aromatic nitrogens is 3. The van der Waals surface area contributed by atoms with Crippen molar-refractivity contribution in [3.63, 3.8) is 0 Å². The van der Waals surface area contributed by atoms with Gasteiger partial charge in [-0.15, -0.1) is 21.5 Å². The molecule has 0 saturated carbocycles. The summed E-state index contributed by atoms with van der Waals surface area (Å²) >= 11 is 9.25. The van der Waals surface area contributed by atoms with Gasteiger partial charge in [0, 0.05) is 21.9 Å². The van der Waals surface area contributed by atoms with Crippen LogP contribution in [-0.4, -0.2) is 21.7 Å². The molecule has 0 aliphatic carbocycles. The number of hydrogen-bond donors (Lipinski definition) is 1. The first-order valence-corrected chi connectivity index (χ1v) is 9.35. The third-order valence-electron chi connectivity index (χ3n) is 3.51. The Morgan fingerprint density at radius 1 is 1.38 bits per heavy atom. The highest BCUT2D eigenvalue weighted by molar-refractivity contribution is 7.98. The van der Waals surface area contributed by atoms with E-state index in [1.807, 2.05) is 29.6 Å². The lowest BCUT2D eigenvalue weighted by molar-refractivity contribution is -0.0168. The average Bonchev–Trinajstić information content (AvgIpc) is 3.22. The van der Waals surface area contributed by atoms with Gasteiger partial charge in [-0.2, -0.15) is 0 Å². The SMILES string of the molecule is Nn1c(SCc2cc(Cl)cc3c2OCOC3)nnc1-c1cccs1. The van der Waals surface area contributed by atoms with Crippen molar-refractivity contribution in [3.8, 4) is 16.5 Å². The Bertz CT molecular complexity index is 867. The largest absolute Gasteiger partial charge is 0.467 e. The van der Waals surface area contributed by atoms with Gasteiger partial charge < -0.3 is 15.3 Å². The van der Waals surface area contributed by atoms with E-state index in [0.717, 1.165) is 21.8 Å². The van der Waals surface area contributed by atoms with Crippen molar-refractivity contribution in [2.75, 3.05) is 12.6 Å². The summed E-state index contributed by atoms with van der Waals surface area (Å²) in [5.41, 5.74) is 1.95. The molecule has 24 heavy (non-hydrogen) atoms. The summed E-state index contributed by atoms with van der Waals surface area (Å²) in [6.07, 6.45) is 0. The Morgan fingerprint density at radius 3 is 3.12 bits per heavy atom. The van der Waals surface area contributed by atoms with Gasteiger partial charge in [-0.25, -0.2) is 4.68 Å². The predicted octanol–water partition coefficient (Wildman–Crippen LogP) is 3.53. The topological polar surface area (TPSA) is 75.2 Å². The van der Waals surface area contributed by atoms with Crippen molar-refractivity contribution in [1.29, 1.82) is 0 Å². The van der Waals surface area contributed by atoms with E-state index in [1.54, 1.807) is 11.3 Å². The molecule has 4 rings (SSSR count). The summed E-state index contributed by atoms with van der Waals surface area (Å²) in [5.74, 6) is 8.24. The fraction of sp³-hybridized carbons (Fsp3) is 0.200. The fourth-order valence-electron chi connectivity index (χ4n) is 2.46. The van der Waals surface area contributed by atoms with Crippen LogP contribution < -0.4 is 10.6 Å². The van der Waals surface area contributed by atoms with Gasteiger partial charge in [0.05, 0.1) is 11.5 Å². The van der Waals surface area contributed by atoms with Crippen LogP contribution in [0.1, 0.15) is 11.1 Å². The van der Waals surface area contributed by atoms with E-state index in [2.05, 4.69) is 10.2 Å². The molecule has 2 N–H and O–H groups in total. The number of benzene rings is 1. The number of fused-ring (bicyclic) bond motifs is 1. The number of thiophene rings is 1. The summed E-state index contributed by atoms with van der Waals surface area (Å²) in [4.78, 5) is 0.984. The number of nitrogens with zero attached hydrogens (tertiary/aromatic N) is 3. The lowest BCUT2D eigenvalue weighted by atomic mass is 10.1. The van der Waals surface area contributed by atoms with Gasteiger partial charge >= 0.3 is 0 Å². The van der Waals surface area contributed by atoms with Gasteiger partial charge in [-0.1, -0.05) is 29.4 Å². The minimum absolute atomic E-state index is 0.252. The molecule has 0 fully saturated rings. The van der Waals surface area contributed by atoms with E-state index >= 15 is 0 Å². The van der Waals surface area contributed by atoms with E-state index in [9.17, 15) is 0 Å². The van der Waals surface area contributed by atoms with Crippen LogP contribution in [0.4, 0.5) is 0 Å².